The summed E-state index contributed by atoms with van der Waals surface area (Å²) in [7, 11) is -3.57. The molecule has 3 atom stereocenters. The molecule has 0 aliphatic carbocycles. The summed E-state index contributed by atoms with van der Waals surface area (Å²) in [5.74, 6) is 0.175. The second-order valence-corrected chi connectivity index (χ2v) is 16.4. The summed E-state index contributed by atoms with van der Waals surface area (Å²) in [6, 6.07) is 10.6. The normalized spacial score (nSPS) is 18.6. The van der Waals surface area contributed by atoms with E-state index >= 15 is 0 Å². The number of hydrogen-bond donors (Lipinski definition) is 4. The number of nitrogens with zero attached hydrogens (tertiary/aromatic N) is 8. The highest BCUT2D eigenvalue weighted by atomic mass is 32.2. The topological polar surface area (TPSA) is 205 Å². The Balaban J connectivity index is 0.000000512. The minimum atomic E-state index is -4.78. The van der Waals surface area contributed by atoms with Crippen LogP contribution >= 0.6 is 7.82 Å². The van der Waals surface area contributed by atoms with Gasteiger partial charge in [0.1, 0.15) is 6.33 Å². The van der Waals surface area contributed by atoms with Crippen LogP contribution in [0, 0.1) is 0 Å². The van der Waals surface area contributed by atoms with Crippen molar-refractivity contribution in [3.8, 4) is 0 Å². The number of nitrogens with two attached hydrogens (primary N) is 1. The van der Waals surface area contributed by atoms with E-state index in [1.165, 1.54) is 70.0 Å². The van der Waals surface area contributed by atoms with Crippen molar-refractivity contribution in [3.63, 3.8) is 0 Å². The van der Waals surface area contributed by atoms with E-state index in [2.05, 4.69) is 71.1 Å². The van der Waals surface area contributed by atoms with Gasteiger partial charge in [-0.2, -0.15) is 0 Å². The third-order valence-corrected chi connectivity index (χ3v) is 11.9. The Bertz CT molecular complexity index is 1970. The van der Waals surface area contributed by atoms with Crippen molar-refractivity contribution >= 4 is 51.3 Å². The van der Waals surface area contributed by atoms with Gasteiger partial charge in [0, 0.05) is 50.4 Å². The van der Waals surface area contributed by atoms with Crippen LogP contribution in [0.25, 0.3) is 21.9 Å². The zero-order valence-electron chi connectivity index (χ0n) is 34.6. The molecule has 2 aromatic heterocycles. The van der Waals surface area contributed by atoms with Gasteiger partial charge in [0.05, 0.1) is 23.4 Å². The van der Waals surface area contributed by atoms with Crippen LogP contribution in [0.3, 0.4) is 0 Å². The summed E-state index contributed by atoms with van der Waals surface area (Å²) in [4.78, 5) is 41.2. The Morgan fingerprint density at radius 2 is 1.50 bits per heavy atom. The van der Waals surface area contributed by atoms with E-state index in [0.717, 1.165) is 11.1 Å². The summed E-state index contributed by atoms with van der Waals surface area (Å²) in [6.07, 6.45) is 1.47. The van der Waals surface area contributed by atoms with Gasteiger partial charge in [-0.3, -0.25) is 14.1 Å². The zero-order chi connectivity index (χ0) is 41.8. The van der Waals surface area contributed by atoms with Gasteiger partial charge in [-0.25, -0.2) is 27.9 Å². The highest BCUT2D eigenvalue weighted by molar-refractivity contribution is 7.89. The van der Waals surface area contributed by atoms with Crippen LogP contribution in [-0.2, 0) is 29.6 Å². The van der Waals surface area contributed by atoms with Gasteiger partial charge >= 0.3 is 7.82 Å². The van der Waals surface area contributed by atoms with E-state index in [0.29, 0.717) is 11.0 Å². The monoisotopic (exact) mass is 822 g/mol. The molecule has 1 aliphatic rings. The molecule has 4 aromatic rings. The van der Waals surface area contributed by atoms with Crippen molar-refractivity contribution in [2.45, 2.75) is 84.1 Å². The molecule has 0 unspecified atom stereocenters. The third-order valence-electron chi connectivity index (χ3n) is 9.90. The van der Waals surface area contributed by atoms with Crippen molar-refractivity contribution in [2.24, 2.45) is 5.73 Å². The molecule has 314 valence electrons. The molecule has 1 fully saturated rings. The van der Waals surface area contributed by atoms with Crippen LogP contribution in [0.15, 0.2) is 53.9 Å². The Morgan fingerprint density at radius 1 is 0.929 bits per heavy atom. The fraction of sp³-hybridized carbons (Fsp3) is 0.595. The smallest absolute Gasteiger partial charge is 0.377 e. The Morgan fingerprint density at radius 3 is 2.02 bits per heavy atom. The lowest BCUT2D eigenvalue weighted by molar-refractivity contribution is -0.0983. The predicted molar refractivity (Wildman–Crippen MR) is 223 cm³/mol. The molecular formula is C37H63N10O7PS. The number of nitrogens with one attached hydrogen (secondary N) is 1. The van der Waals surface area contributed by atoms with Gasteiger partial charge in [0.25, 0.3) is 10.0 Å². The first-order valence-electron chi connectivity index (χ1n) is 19.2. The third kappa shape index (κ3) is 11.7. The lowest BCUT2D eigenvalue weighted by atomic mass is 10.0. The molecular weight excluding hydrogens is 760 g/mol. The maximum atomic E-state index is 13.6. The number of imidazole rings is 1. The average Bonchev–Trinajstić information content (AvgIpc) is 3.73. The molecule has 0 radical (unpaired) electrons. The van der Waals surface area contributed by atoms with Gasteiger partial charge < -0.3 is 35.0 Å². The van der Waals surface area contributed by atoms with Crippen molar-refractivity contribution < 1.29 is 32.0 Å². The largest absolute Gasteiger partial charge is 0.469 e. The lowest BCUT2D eigenvalue weighted by Crippen LogP contribution is -2.40. The molecule has 19 heteroatoms. The van der Waals surface area contributed by atoms with Gasteiger partial charge in [-0.15, -0.1) is 4.83 Å². The second kappa shape index (κ2) is 20.9. The fourth-order valence-electron chi connectivity index (χ4n) is 6.78. The molecule has 0 bridgehead atoms. The Kier molecular flexibility index (Phi) is 17.6. The predicted octanol–water partition coefficient (Wildman–Crippen LogP) is 4.36. The molecule has 17 nitrogen and oxygen atoms in total. The summed E-state index contributed by atoms with van der Waals surface area (Å²) < 4.78 is 51.6. The van der Waals surface area contributed by atoms with Gasteiger partial charge in [-0.1, -0.05) is 65.8 Å². The SMILES string of the molecule is CCN(CC)CC.CCN(CC)CC.C[C@H]1O[C@@](CCN)(n2cnc3c(N(C)NS(=O)(=O)c4cccc5c(N(C)C)cccc45)ncnc32)C[C@@H]1OP(=O)(O)O. The molecule has 0 amide bonds. The number of phosphoric acid groups is 1. The first-order chi connectivity index (χ1) is 26.5. The lowest BCUT2D eigenvalue weighted by Gasteiger charge is -2.30. The highest BCUT2D eigenvalue weighted by Crippen LogP contribution is 2.47. The van der Waals surface area contributed by atoms with Gasteiger partial charge in [0.15, 0.2) is 22.7 Å². The van der Waals surface area contributed by atoms with Crippen LogP contribution in [-0.4, -0.2) is 127 Å². The number of phosphoric ester groups is 1. The number of sulfonamides is 1. The fourth-order valence-corrected chi connectivity index (χ4v) is 8.65. The quantitative estimate of drug-likeness (QED) is 0.0916. The minimum Gasteiger partial charge on any atom is -0.377 e. The average molecular weight is 823 g/mol. The van der Waals surface area contributed by atoms with Gasteiger partial charge in [0.2, 0.25) is 0 Å². The number of hydrogen-bond acceptors (Lipinski definition) is 13. The molecule has 1 aliphatic heterocycles. The standard InChI is InChI=1S/C25H33N8O7PS.2C6H15N/c1-16-20(40-41(34,35)36)13-25(39-16,11-12-26)33-15-29-22-23(27-14-28-24(22)33)32(4)30-42(37,38)21-10-6-7-17-18(21)8-5-9-19(17)31(2)3;2*1-4-7(5-2)6-3/h5-10,14-16,20,30H,11-13,26H2,1-4H3,(H2,34,35,36);2*4-6H2,1-3H3/t16-,20+,25-;;/m1../s1. The number of fused-ring (bicyclic) bond motifs is 2. The molecule has 5 N–H and O–H groups in total. The molecule has 5 rings (SSSR count). The van der Waals surface area contributed by atoms with Crippen LogP contribution in [0.4, 0.5) is 11.5 Å². The molecule has 0 spiro atoms. The first-order valence-corrected chi connectivity index (χ1v) is 22.2. The van der Waals surface area contributed by atoms with Crippen molar-refractivity contribution in [1.29, 1.82) is 0 Å². The molecule has 2 aromatic carbocycles. The first kappa shape index (κ1) is 47.1. The van der Waals surface area contributed by atoms with E-state index < -0.39 is 35.8 Å². The van der Waals surface area contributed by atoms with Crippen LogP contribution in [0.1, 0.15) is 61.3 Å². The highest BCUT2D eigenvalue weighted by Gasteiger charge is 2.49. The van der Waals surface area contributed by atoms with E-state index in [-0.39, 0.29) is 35.6 Å². The molecule has 0 saturated carbocycles. The van der Waals surface area contributed by atoms with Crippen molar-refractivity contribution in [2.75, 3.05) is 76.9 Å². The zero-order valence-corrected chi connectivity index (χ0v) is 36.3. The van der Waals surface area contributed by atoms with E-state index in [4.69, 9.17) is 15.0 Å². The number of benzene rings is 2. The van der Waals surface area contributed by atoms with Crippen LogP contribution in [0.5, 0.6) is 0 Å². The van der Waals surface area contributed by atoms with Crippen molar-refractivity contribution in [3.05, 3.63) is 49.1 Å². The minimum absolute atomic E-state index is 0.0692. The van der Waals surface area contributed by atoms with Crippen LogP contribution < -0.4 is 20.5 Å². The Hall–Kier alpha value is -3.29. The number of hydrazine groups is 1. The number of ether oxygens (including phenoxy) is 1. The molecule has 56 heavy (non-hydrogen) atoms. The second-order valence-electron chi connectivity index (χ2n) is 13.5. The number of aromatic nitrogens is 4. The van der Waals surface area contributed by atoms with E-state index in [9.17, 15) is 22.8 Å². The van der Waals surface area contributed by atoms with E-state index in [1.54, 1.807) is 29.7 Å². The molecule has 1 saturated heterocycles. The van der Waals surface area contributed by atoms with Crippen molar-refractivity contribution in [1.82, 2.24) is 34.1 Å². The number of anilines is 2. The van der Waals surface area contributed by atoms with Crippen LogP contribution in [0.2, 0.25) is 0 Å². The van der Waals surface area contributed by atoms with E-state index in [1.807, 2.05) is 31.1 Å². The summed E-state index contributed by atoms with van der Waals surface area (Å²) >= 11 is 0. The molecule has 3 heterocycles. The maximum absolute atomic E-state index is 13.6. The summed E-state index contributed by atoms with van der Waals surface area (Å²) in [5, 5.41) is 2.59. The van der Waals surface area contributed by atoms with Gasteiger partial charge in [-0.05, 0) is 64.9 Å². The Labute approximate surface area is 332 Å². The summed E-state index contributed by atoms with van der Waals surface area (Å²) in [5.41, 5.74) is 6.19. The maximum Gasteiger partial charge on any atom is 0.469 e. The number of rotatable bonds is 16. The summed E-state index contributed by atoms with van der Waals surface area (Å²) in [6.45, 7) is 22.1.